The van der Waals surface area contributed by atoms with Crippen molar-refractivity contribution >= 4 is 12.0 Å². The van der Waals surface area contributed by atoms with Crippen LogP contribution < -0.4 is 0 Å². The molecule has 26 heavy (non-hydrogen) atoms. The van der Waals surface area contributed by atoms with Crippen molar-refractivity contribution in [2.24, 2.45) is 0 Å². The maximum Gasteiger partial charge on any atom is 0.410 e. The van der Waals surface area contributed by atoms with Crippen LogP contribution in [0.3, 0.4) is 0 Å². The van der Waals surface area contributed by atoms with Crippen LogP contribution in [0.4, 0.5) is 4.79 Å². The van der Waals surface area contributed by atoms with Crippen LogP contribution in [0.5, 0.6) is 0 Å². The van der Waals surface area contributed by atoms with Crippen molar-refractivity contribution < 1.29 is 14.3 Å². The fourth-order valence-electron chi connectivity index (χ4n) is 4.00. The normalized spacial score (nSPS) is 20.1. The second-order valence-corrected chi connectivity index (χ2v) is 8.22. The lowest BCUT2D eigenvalue weighted by atomic mass is 9.94. The highest BCUT2D eigenvalue weighted by atomic mass is 16.6. The number of aryl methyl sites for hydroxylation is 1. The van der Waals surface area contributed by atoms with E-state index in [-0.39, 0.29) is 18.0 Å². The molecule has 1 aliphatic carbocycles. The van der Waals surface area contributed by atoms with Gasteiger partial charge in [0, 0.05) is 26.1 Å². The summed E-state index contributed by atoms with van der Waals surface area (Å²) >= 11 is 0. The number of piperazine rings is 1. The SMILES string of the molecule is CCC(=O)N1CCN(C(=O)OC(C)(C)C)C(c2cccc3c2CCC3)C1. The van der Waals surface area contributed by atoms with E-state index in [1.54, 1.807) is 0 Å². The van der Waals surface area contributed by atoms with Gasteiger partial charge in [-0.3, -0.25) is 9.69 Å². The van der Waals surface area contributed by atoms with Gasteiger partial charge in [-0.1, -0.05) is 25.1 Å². The van der Waals surface area contributed by atoms with Gasteiger partial charge in [-0.25, -0.2) is 4.79 Å². The molecule has 0 N–H and O–H groups in total. The molecule has 1 fully saturated rings. The third-order valence-electron chi connectivity index (χ3n) is 5.20. The molecule has 142 valence electrons. The van der Waals surface area contributed by atoms with Crippen LogP contribution in [0.1, 0.15) is 63.3 Å². The third kappa shape index (κ3) is 3.87. The van der Waals surface area contributed by atoms with Crippen LogP contribution in [0.15, 0.2) is 18.2 Å². The molecule has 5 nitrogen and oxygen atoms in total. The summed E-state index contributed by atoms with van der Waals surface area (Å²) < 4.78 is 5.65. The second-order valence-electron chi connectivity index (χ2n) is 8.22. The van der Waals surface area contributed by atoms with Gasteiger partial charge in [-0.05, 0) is 56.7 Å². The van der Waals surface area contributed by atoms with E-state index in [1.165, 1.54) is 16.7 Å². The molecule has 0 radical (unpaired) electrons. The molecule has 1 aliphatic heterocycles. The number of nitrogens with zero attached hydrogens (tertiary/aromatic N) is 2. The summed E-state index contributed by atoms with van der Waals surface area (Å²) in [5.41, 5.74) is 3.39. The summed E-state index contributed by atoms with van der Waals surface area (Å²) in [7, 11) is 0. The van der Waals surface area contributed by atoms with E-state index in [0.29, 0.717) is 26.1 Å². The van der Waals surface area contributed by atoms with Gasteiger partial charge < -0.3 is 9.64 Å². The Labute approximate surface area is 156 Å². The molecule has 2 amide bonds. The number of hydrogen-bond acceptors (Lipinski definition) is 3. The number of hydrogen-bond donors (Lipinski definition) is 0. The van der Waals surface area contributed by atoms with Crippen LogP contribution in [0.2, 0.25) is 0 Å². The van der Waals surface area contributed by atoms with Crippen LogP contribution >= 0.6 is 0 Å². The minimum Gasteiger partial charge on any atom is -0.444 e. The number of carbonyl (C=O) groups excluding carboxylic acids is 2. The number of benzene rings is 1. The summed E-state index contributed by atoms with van der Waals surface area (Å²) in [5.74, 6) is 0.145. The molecular weight excluding hydrogens is 328 g/mol. The number of ether oxygens (including phenoxy) is 1. The minimum absolute atomic E-state index is 0.137. The first-order chi connectivity index (χ1) is 12.3. The highest BCUT2D eigenvalue weighted by Gasteiger charge is 2.37. The monoisotopic (exact) mass is 358 g/mol. The Kier molecular flexibility index (Phi) is 5.26. The van der Waals surface area contributed by atoms with Gasteiger partial charge in [0.2, 0.25) is 5.91 Å². The molecule has 0 spiro atoms. The molecule has 1 saturated heterocycles. The zero-order chi connectivity index (χ0) is 18.9. The van der Waals surface area contributed by atoms with E-state index >= 15 is 0 Å². The first-order valence-corrected chi connectivity index (χ1v) is 9.68. The Hall–Kier alpha value is -2.04. The average molecular weight is 358 g/mol. The molecule has 1 atom stereocenters. The Balaban J connectivity index is 1.93. The van der Waals surface area contributed by atoms with Crippen LogP contribution in [0.25, 0.3) is 0 Å². The van der Waals surface area contributed by atoms with Crippen molar-refractivity contribution in [3.8, 4) is 0 Å². The summed E-state index contributed by atoms with van der Waals surface area (Å²) in [6, 6.07) is 6.24. The smallest absolute Gasteiger partial charge is 0.410 e. The second kappa shape index (κ2) is 7.29. The minimum atomic E-state index is -0.531. The average Bonchev–Trinajstić information content (AvgIpc) is 3.07. The largest absolute Gasteiger partial charge is 0.444 e. The number of amides is 2. The summed E-state index contributed by atoms with van der Waals surface area (Å²) in [5, 5.41) is 0. The van der Waals surface area contributed by atoms with E-state index in [9.17, 15) is 9.59 Å². The third-order valence-corrected chi connectivity index (χ3v) is 5.20. The quantitative estimate of drug-likeness (QED) is 0.810. The Morgan fingerprint density at radius 1 is 1.19 bits per heavy atom. The lowest BCUT2D eigenvalue weighted by Gasteiger charge is -2.42. The first kappa shape index (κ1) is 18.7. The Morgan fingerprint density at radius 2 is 1.96 bits per heavy atom. The molecule has 2 aliphatic rings. The number of rotatable bonds is 2. The molecule has 0 saturated carbocycles. The van der Waals surface area contributed by atoms with E-state index in [1.807, 2.05) is 37.5 Å². The molecule has 1 heterocycles. The van der Waals surface area contributed by atoms with Crippen molar-refractivity contribution in [1.29, 1.82) is 0 Å². The lowest BCUT2D eigenvalue weighted by Crippen LogP contribution is -2.53. The van der Waals surface area contributed by atoms with Crippen molar-refractivity contribution in [3.05, 3.63) is 34.9 Å². The Bertz CT molecular complexity index is 693. The molecule has 0 bridgehead atoms. The predicted molar refractivity (Wildman–Crippen MR) is 101 cm³/mol. The van der Waals surface area contributed by atoms with E-state index < -0.39 is 5.60 Å². The standard InChI is InChI=1S/C21H30N2O3/c1-5-19(24)22-12-13-23(20(25)26-21(2,3)4)18(14-22)17-11-7-9-15-8-6-10-16(15)17/h7,9,11,18H,5-6,8,10,12-14H2,1-4H3. The topological polar surface area (TPSA) is 49.9 Å². The summed E-state index contributed by atoms with van der Waals surface area (Å²) in [6.07, 6.45) is 3.50. The summed E-state index contributed by atoms with van der Waals surface area (Å²) in [6.45, 7) is 9.16. The fraction of sp³-hybridized carbons (Fsp3) is 0.619. The molecule has 1 aromatic carbocycles. The molecule has 1 unspecified atom stereocenters. The maximum atomic E-state index is 12.8. The summed E-state index contributed by atoms with van der Waals surface area (Å²) in [4.78, 5) is 28.8. The van der Waals surface area contributed by atoms with Gasteiger partial charge in [0.1, 0.15) is 5.60 Å². The van der Waals surface area contributed by atoms with Crippen LogP contribution in [-0.4, -0.2) is 47.0 Å². The van der Waals surface area contributed by atoms with Gasteiger partial charge in [0.25, 0.3) is 0 Å². The molecule has 1 aromatic rings. The lowest BCUT2D eigenvalue weighted by molar-refractivity contribution is -0.134. The van der Waals surface area contributed by atoms with Crippen LogP contribution in [-0.2, 0) is 22.4 Å². The van der Waals surface area contributed by atoms with Crippen molar-refractivity contribution in [1.82, 2.24) is 9.80 Å². The highest BCUT2D eigenvalue weighted by Crippen LogP contribution is 2.34. The number of fused-ring (bicyclic) bond motifs is 1. The zero-order valence-electron chi connectivity index (χ0n) is 16.4. The first-order valence-electron chi connectivity index (χ1n) is 9.68. The molecule has 3 rings (SSSR count). The van der Waals surface area contributed by atoms with Crippen LogP contribution in [0, 0.1) is 0 Å². The van der Waals surface area contributed by atoms with Gasteiger partial charge in [-0.15, -0.1) is 0 Å². The maximum absolute atomic E-state index is 12.8. The number of carbonyl (C=O) groups is 2. The van der Waals surface area contributed by atoms with Gasteiger partial charge in [-0.2, -0.15) is 0 Å². The zero-order valence-corrected chi connectivity index (χ0v) is 16.4. The predicted octanol–water partition coefficient (Wildman–Crippen LogP) is 3.71. The van der Waals surface area contributed by atoms with Crippen molar-refractivity contribution in [2.75, 3.05) is 19.6 Å². The van der Waals surface area contributed by atoms with Crippen molar-refractivity contribution in [2.45, 2.75) is 65.0 Å². The van der Waals surface area contributed by atoms with E-state index in [4.69, 9.17) is 4.74 Å². The van der Waals surface area contributed by atoms with E-state index in [0.717, 1.165) is 19.3 Å². The molecule has 5 heteroatoms. The van der Waals surface area contributed by atoms with Crippen molar-refractivity contribution in [3.63, 3.8) is 0 Å². The highest BCUT2D eigenvalue weighted by molar-refractivity contribution is 5.77. The van der Waals surface area contributed by atoms with E-state index in [2.05, 4.69) is 18.2 Å². The van der Waals surface area contributed by atoms with Gasteiger partial charge in [0.15, 0.2) is 0 Å². The molecule has 0 aromatic heterocycles. The molecular formula is C21H30N2O3. The van der Waals surface area contributed by atoms with Gasteiger partial charge in [0.05, 0.1) is 6.04 Å². The van der Waals surface area contributed by atoms with Gasteiger partial charge >= 0.3 is 6.09 Å². The Morgan fingerprint density at radius 3 is 2.65 bits per heavy atom. The fourth-order valence-corrected chi connectivity index (χ4v) is 4.00.